The number of alkyl halides is 3. The van der Waals surface area contributed by atoms with Crippen LogP contribution in [0, 0.1) is 0 Å². The highest BCUT2D eigenvalue weighted by Crippen LogP contribution is 2.30. The van der Waals surface area contributed by atoms with Crippen molar-refractivity contribution in [3.63, 3.8) is 0 Å². The van der Waals surface area contributed by atoms with E-state index >= 15 is 0 Å². The quantitative estimate of drug-likeness (QED) is 0.590. The van der Waals surface area contributed by atoms with E-state index in [4.69, 9.17) is 0 Å². The van der Waals surface area contributed by atoms with Crippen LogP contribution in [0.5, 0.6) is 0 Å². The van der Waals surface area contributed by atoms with Gasteiger partial charge < -0.3 is 10.6 Å². The van der Waals surface area contributed by atoms with Gasteiger partial charge in [-0.15, -0.1) is 22.7 Å². The average Bonchev–Trinajstić information content (AvgIpc) is 3.20. The van der Waals surface area contributed by atoms with Gasteiger partial charge in [0.15, 0.2) is 11.7 Å². The van der Waals surface area contributed by atoms with Crippen LogP contribution in [0.1, 0.15) is 35.3 Å². The lowest BCUT2D eigenvalue weighted by Crippen LogP contribution is -2.39. The highest BCUT2D eigenvalue weighted by molar-refractivity contribution is 7.10. The smallest absolute Gasteiger partial charge is 0.357 e. The van der Waals surface area contributed by atoms with Crippen LogP contribution in [0.25, 0.3) is 0 Å². The number of hydrogen-bond donors (Lipinski definition) is 2. The molecule has 0 saturated heterocycles. The number of halogens is 3. The maximum Gasteiger partial charge on any atom is 0.434 e. The lowest BCUT2D eigenvalue weighted by Gasteiger charge is -2.14. The number of aliphatic imine (C=N–C) groups is 1. The highest BCUT2D eigenvalue weighted by Gasteiger charge is 2.33. The Morgan fingerprint density at radius 2 is 2.12 bits per heavy atom. The Morgan fingerprint density at radius 1 is 1.33 bits per heavy atom. The van der Waals surface area contributed by atoms with Gasteiger partial charge in [-0.2, -0.15) is 13.2 Å². The summed E-state index contributed by atoms with van der Waals surface area (Å²) in [6.45, 7) is 5.52. The summed E-state index contributed by atoms with van der Waals surface area (Å²) < 4.78 is 37.6. The maximum absolute atomic E-state index is 12.5. The zero-order chi connectivity index (χ0) is 17.6. The number of nitrogens with one attached hydrogen (secondary N) is 2. The summed E-state index contributed by atoms with van der Waals surface area (Å²) in [6, 6.07) is 4.09. The van der Waals surface area contributed by atoms with Gasteiger partial charge in [-0.25, -0.2) is 9.98 Å². The van der Waals surface area contributed by atoms with Crippen molar-refractivity contribution in [3.8, 4) is 0 Å². The molecule has 2 rings (SSSR count). The second-order valence-electron chi connectivity index (χ2n) is 5.12. The largest absolute Gasteiger partial charge is 0.434 e. The first-order valence-electron chi connectivity index (χ1n) is 7.47. The van der Waals surface area contributed by atoms with E-state index in [2.05, 4.69) is 33.6 Å². The predicted octanol–water partition coefficient (Wildman–Crippen LogP) is 4.08. The van der Waals surface area contributed by atoms with Crippen LogP contribution in [-0.2, 0) is 12.7 Å². The Bertz CT molecular complexity index is 650. The van der Waals surface area contributed by atoms with E-state index in [1.807, 2.05) is 18.4 Å². The minimum Gasteiger partial charge on any atom is -0.357 e. The van der Waals surface area contributed by atoms with Gasteiger partial charge in [-0.1, -0.05) is 13.0 Å². The molecule has 0 amide bonds. The number of thiophene rings is 1. The number of thiazole rings is 1. The van der Waals surface area contributed by atoms with Crippen LogP contribution < -0.4 is 10.6 Å². The monoisotopic (exact) mass is 376 g/mol. The fraction of sp³-hybridized carbons (Fsp3) is 0.467. The lowest BCUT2D eigenvalue weighted by atomic mass is 10.1. The van der Waals surface area contributed by atoms with Gasteiger partial charge in [-0.05, 0) is 18.4 Å². The minimum absolute atomic E-state index is 0.115. The van der Waals surface area contributed by atoms with Crippen LogP contribution in [0.4, 0.5) is 13.2 Å². The number of aromatic nitrogens is 1. The number of rotatable bonds is 6. The summed E-state index contributed by atoms with van der Waals surface area (Å²) in [4.78, 5) is 9.16. The van der Waals surface area contributed by atoms with E-state index in [0.29, 0.717) is 30.0 Å². The first kappa shape index (κ1) is 18.7. The molecular formula is C15H19F3N4S2. The molecule has 2 aromatic heterocycles. The molecule has 0 aromatic carbocycles. The molecule has 2 N–H and O–H groups in total. The molecule has 0 saturated carbocycles. The first-order chi connectivity index (χ1) is 11.4. The number of nitrogens with zero attached hydrogens (tertiary/aromatic N) is 2. The van der Waals surface area contributed by atoms with Crippen molar-refractivity contribution >= 4 is 28.6 Å². The van der Waals surface area contributed by atoms with Crippen LogP contribution in [0.15, 0.2) is 27.9 Å². The van der Waals surface area contributed by atoms with Gasteiger partial charge in [0, 0.05) is 29.3 Å². The van der Waals surface area contributed by atoms with E-state index in [9.17, 15) is 13.2 Å². The number of hydrogen-bond acceptors (Lipinski definition) is 4. The molecule has 4 nitrogen and oxygen atoms in total. The van der Waals surface area contributed by atoms with Crippen molar-refractivity contribution in [2.24, 2.45) is 4.99 Å². The standard InChI is InChI=1S/C15H19F3N4S2/c1-3-19-14(20-7-10(2)11-5-4-6-23-11)21-8-13-22-12(9-24-13)15(16,17)18/h4-6,9-10H,3,7-8H2,1-2H3,(H2,19,20,21). The highest BCUT2D eigenvalue weighted by atomic mass is 32.1. The molecule has 0 aliphatic heterocycles. The molecule has 9 heteroatoms. The third kappa shape index (κ3) is 5.48. The van der Waals surface area contributed by atoms with Crippen molar-refractivity contribution in [2.75, 3.05) is 13.1 Å². The Hall–Kier alpha value is -1.61. The third-order valence-electron chi connectivity index (χ3n) is 3.16. The summed E-state index contributed by atoms with van der Waals surface area (Å²) in [6.07, 6.45) is -4.41. The first-order valence-corrected chi connectivity index (χ1v) is 9.23. The molecule has 0 aliphatic rings. The van der Waals surface area contributed by atoms with Crippen LogP contribution >= 0.6 is 22.7 Å². The van der Waals surface area contributed by atoms with Gasteiger partial charge in [0.2, 0.25) is 0 Å². The molecule has 0 radical (unpaired) electrons. The second-order valence-corrected chi connectivity index (χ2v) is 7.04. The van der Waals surface area contributed by atoms with Gasteiger partial charge >= 0.3 is 6.18 Å². The van der Waals surface area contributed by atoms with Gasteiger partial charge in [0.25, 0.3) is 0 Å². The molecule has 0 fully saturated rings. The zero-order valence-corrected chi connectivity index (χ0v) is 15.0. The molecule has 2 aromatic rings. The van der Waals surface area contributed by atoms with E-state index in [0.717, 1.165) is 16.7 Å². The maximum atomic E-state index is 12.5. The Balaban J connectivity index is 1.94. The molecule has 0 aliphatic carbocycles. The summed E-state index contributed by atoms with van der Waals surface area (Å²) in [7, 11) is 0. The van der Waals surface area contributed by atoms with Crippen molar-refractivity contribution in [1.82, 2.24) is 15.6 Å². The zero-order valence-electron chi connectivity index (χ0n) is 13.4. The molecule has 132 valence electrons. The molecular weight excluding hydrogens is 357 g/mol. The Labute approximate surface area is 146 Å². The Kier molecular flexibility index (Phi) is 6.61. The summed E-state index contributed by atoms with van der Waals surface area (Å²) >= 11 is 2.66. The van der Waals surface area contributed by atoms with Gasteiger partial charge in [-0.3, -0.25) is 0 Å². The third-order valence-corrected chi connectivity index (χ3v) is 5.10. The minimum atomic E-state index is -4.41. The normalized spacial score (nSPS) is 13.8. The lowest BCUT2D eigenvalue weighted by molar-refractivity contribution is -0.140. The van der Waals surface area contributed by atoms with Gasteiger partial charge in [0.1, 0.15) is 5.01 Å². The second kappa shape index (κ2) is 8.48. The van der Waals surface area contributed by atoms with Crippen LogP contribution in [0.3, 0.4) is 0 Å². The Morgan fingerprint density at radius 3 is 2.71 bits per heavy atom. The van der Waals surface area contributed by atoms with Crippen molar-refractivity contribution in [3.05, 3.63) is 38.5 Å². The summed E-state index contributed by atoms with van der Waals surface area (Å²) in [5, 5.41) is 9.69. The average molecular weight is 376 g/mol. The van der Waals surface area contributed by atoms with Crippen LogP contribution in [0.2, 0.25) is 0 Å². The van der Waals surface area contributed by atoms with Crippen molar-refractivity contribution in [2.45, 2.75) is 32.5 Å². The molecule has 1 unspecified atom stereocenters. The molecule has 24 heavy (non-hydrogen) atoms. The molecule has 2 heterocycles. The number of guanidine groups is 1. The topological polar surface area (TPSA) is 49.3 Å². The van der Waals surface area contributed by atoms with Crippen LogP contribution in [-0.4, -0.2) is 24.0 Å². The van der Waals surface area contributed by atoms with Crippen molar-refractivity contribution in [1.29, 1.82) is 0 Å². The van der Waals surface area contributed by atoms with Gasteiger partial charge in [0.05, 0.1) is 6.54 Å². The van der Waals surface area contributed by atoms with E-state index in [-0.39, 0.29) is 6.54 Å². The predicted molar refractivity (Wildman–Crippen MR) is 92.7 cm³/mol. The molecule has 1 atom stereocenters. The molecule has 0 bridgehead atoms. The van der Waals surface area contributed by atoms with E-state index in [1.165, 1.54) is 4.88 Å². The molecule has 0 spiro atoms. The van der Waals surface area contributed by atoms with Crippen molar-refractivity contribution < 1.29 is 13.2 Å². The fourth-order valence-corrected chi connectivity index (χ4v) is 3.44. The van der Waals surface area contributed by atoms with E-state index in [1.54, 1.807) is 11.3 Å². The van der Waals surface area contributed by atoms with E-state index < -0.39 is 11.9 Å². The SMILES string of the molecule is CCNC(=NCc1nc(C(F)(F)F)cs1)NCC(C)c1cccs1. The fourth-order valence-electron chi connectivity index (χ4n) is 1.92. The summed E-state index contributed by atoms with van der Waals surface area (Å²) in [5.41, 5.74) is -0.859. The summed E-state index contributed by atoms with van der Waals surface area (Å²) in [5.74, 6) is 0.898.